The molecule has 112 valence electrons. The molecule has 0 aliphatic rings. The van der Waals surface area contributed by atoms with Gasteiger partial charge in [0.1, 0.15) is 5.76 Å². The number of hydrogen-bond donors (Lipinski definition) is 1. The number of rotatable bonds is 6. The van der Waals surface area contributed by atoms with Crippen LogP contribution in [0.3, 0.4) is 0 Å². The van der Waals surface area contributed by atoms with Crippen LogP contribution < -0.4 is 5.32 Å². The largest absolute Gasteiger partial charge is 0.361 e. The minimum Gasteiger partial charge on any atom is -0.361 e. The van der Waals surface area contributed by atoms with E-state index in [0.717, 1.165) is 29.9 Å². The number of benzene rings is 1. The zero-order valence-corrected chi connectivity index (χ0v) is 12.9. The molecule has 4 heteroatoms. The number of carbonyl (C=O) groups is 1. The summed E-state index contributed by atoms with van der Waals surface area (Å²) in [5.74, 6) is 0.923. The standard InChI is InChI=1S/C17H22N2O2/c1-12-6-4-5-7-15(12)8-9-17(20)18-11-10-16-13(2)19-21-14(16)3/h4-7H,8-11H2,1-3H3,(H,18,20). The molecule has 0 aliphatic heterocycles. The Morgan fingerprint density at radius 1 is 1.19 bits per heavy atom. The molecule has 1 aromatic heterocycles. The van der Waals surface area contributed by atoms with Crippen LogP contribution in [0.4, 0.5) is 0 Å². The van der Waals surface area contributed by atoms with Crippen LogP contribution in [-0.2, 0) is 17.6 Å². The first-order chi connectivity index (χ1) is 10.1. The van der Waals surface area contributed by atoms with Crippen molar-refractivity contribution in [1.82, 2.24) is 10.5 Å². The molecule has 0 unspecified atom stereocenters. The molecule has 4 nitrogen and oxygen atoms in total. The maximum Gasteiger partial charge on any atom is 0.220 e. The Labute approximate surface area is 125 Å². The Bertz CT molecular complexity index is 598. The van der Waals surface area contributed by atoms with Gasteiger partial charge in [0.15, 0.2) is 0 Å². The van der Waals surface area contributed by atoms with Gasteiger partial charge in [0.2, 0.25) is 5.91 Å². The number of aromatic nitrogens is 1. The Morgan fingerprint density at radius 2 is 1.95 bits per heavy atom. The molecule has 0 atom stereocenters. The zero-order chi connectivity index (χ0) is 15.2. The topological polar surface area (TPSA) is 55.1 Å². The average molecular weight is 286 g/mol. The van der Waals surface area contributed by atoms with Gasteiger partial charge in [-0.3, -0.25) is 4.79 Å². The van der Waals surface area contributed by atoms with Gasteiger partial charge in [-0.25, -0.2) is 0 Å². The predicted molar refractivity (Wildman–Crippen MR) is 82.2 cm³/mol. The molecule has 0 bridgehead atoms. The van der Waals surface area contributed by atoms with Crippen LogP contribution in [0.2, 0.25) is 0 Å². The van der Waals surface area contributed by atoms with E-state index >= 15 is 0 Å². The Kier molecular flexibility index (Phi) is 5.14. The van der Waals surface area contributed by atoms with Crippen LogP contribution in [0.15, 0.2) is 28.8 Å². The normalized spacial score (nSPS) is 10.6. The molecular weight excluding hydrogens is 264 g/mol. The van der Waals surface area contributed by atoms with E-state index < -0.39 is 0 Å². The highest BCUT2D eigenvalue weighted by Crippen LogP contribution is 2.12. The lowest BCUT2D eigenvalue weighted by molar-refractivity contribution is -0.121. The van der Waals surface area contributed by atoms with Crippen molar-refractivity contribution in [2.24, 2.45) is 0 Å². The fraction of sp³-hybridized carbons (Fsp3) is 0.412. The first-order valence-electron chi connectivity index (χ1n) is 7.31. The minimum absolute atomic E-state index is 0.0880. The second-order valence-corrected chi connectivity index (χ2v) is 5.33. The van der Waals surface area contributed by atoms with Gasteiger partial charge in [-0.1, -0.05) is 29.4 Å². The van der Waals surface area contributed by atoms with Gasteiger partial charge in [0.05, 0.1) is 5.69 Å². The van der Waals surface area contributed by atoms with Crippen molar-refractivity contribution in [3.8, 4) is 0 Å². The molecule has 0 radical (unpaired) electrons. The zero-order valence-electron chi connectivity index (χ0n) is 12.9. The average Bonchev–Trinajstić information content (AvgIpc) is 2.78. The summed E-state index contributed by atoms with van der Waals surface area (Å²) in [5.41, 5.74) is 4.47. The number of nitrogens with one attached hydrogen (secondary N) is 1. The van der Waals surface area contributed by atoms with E-state index in [1.807, 2.05) is 26.0 Å². The van der Waals surface area contributed by atoms with E-state index in [-0.39, 0.29) is 5.91 Å². The lowest BCUT2D eigenvalue weighted by Gasteiger charge is -2.07. The fourth-order valence-electron chi connectivity index (χ4n) is 2.41. The molecule has 2 rings (SSSR count). The molecule has 1 amide bonds. The molecule has 0 spiro atoms. The maximum absolute atomic E-state index is 11.9. The summed E-state index contributed by atoms with van der Waals surface area (Å²) < 4.78 is 5.11. The van der Waals surface area contributed by atoms with Gasteiger partial charge in [-0.2, -0.15) is 0 Å². The smallest absolute Gasteiger partial charge is 0.220 e. The van der Waals surface area contributed by atoms with Crippen LogP contribution in [0.25, 0.3) is 0 Å². The summed E-state index contributed by atoms with van der Waals surface area (Å²) in [6.45, 7) is 6.52. The Balaban J connectivity index is 1.74. The number of nitrogens with zero attached hydrogens (tertiary/aromatic N) is 1. The third-order valence-electron chi connectivity index (χ3n) is 3.76. The molecule has 1 heterocycles. The van der Waals surface area contributed by atoms with Gasteiger partial charge in [-0.05, 0) is 44.7 Å². The maximum atomic E-state index is 11.9. The second-order valence-electron chi connectivity index (χ2n) is 5.33. The van der Waals surface area contributed by atoms with E-state index in [2.05, 4.69) is 29.5 Å². The van der Waals surface area contributed by atoms with Gasteiger partial charge in [0.25, 0.3) is 0 Å². The third kappa shape index (κ3) is 4.18. The summed E-state index contributed by atoms with van der Waals surface area (Å²) in [6.07, 6.45) is 2.06. The Morgan fingerprint density at radius 3 is 2.62 bits per heavy atom. The summed E-state index contributed by atoms with van der Waals surface area (Å²) in [6, 6.07) is 8.18. The molecule has 1 aromatic carbocycles. The first kappa shape index (κ1) is 15.3. The van der Waals surface area contributed by atoms with Gasteiger partial charge in [-0.15, -0.1) is 0 Å². The van der Waals surface area contributed by atoms with Crippen LogP contribution >= 0.6 is 0 Å². The Hall–Kier alpha value is -2.10. The molecule has 0 saturated heterocycles. The third-order valence-corrected chi connectivity index (χ3v) is 3.76. The van der Waals surface area contributed by atoms with Crippen LogP contribution in [0.1, 0.15) is 34.6 Å². The quantitative estimate of drug-likeness (QED) is 0.888. The highest BCUT2D eigenvalue weighted by molar-refractivity contribution is 5.76. The van der Waals surface area contributed by atoms with Crippen LogP contribution in [0.5, 0.6) is 0 Å². The number of carbonyl (C=O) groups excluding carboxylic acids is 1. The van der Waals surface area contributed by atoms with Crippen molar-refractivity contribution >= 4 is 5.91 Å². The molecule has 2 aromatic rings. The van der Waals surface area contributed by atoms with Crippen LogP contribution in [-0.4, -0.2) is 17.6 Å². The van der Waals surface area contributed by atoms with Crippen molar-refractivity contribution < 1.29 is 9.32 Å². The van der Waals surface area contributed by atoms with Crippen LogP contribution in [0, 0.1) is 20.8 Å². The molecule has 0 saturated carbocycles. The van der Waals surface area contributed by atoms with Crippen molar-refractivity contribution in [3.63, 3.8) is 0 Å². The van der Waals surface area contributed by atoms with Gasteiger partial charge < -0.3 is 9.84 Å². The van der Waals surface area contributed by atoms with Crippen molar-refractivity contribution in [3.05, 3.63) is 52.4 Å². The highest BCUT2D eigenvalue weighted by atomic mass is 16.5. The fourth-order valence-corrected chi connectivity index (χ4v) is 2.41. The minimum atomic E-state index is 0.0880. The van der Waals surface area contributed by atoms with E-state index in [1.54, 1.807) is 0 Å². The number of hydrogen-bond acceptors (Lipinski definition) is 3. The molecule has 21 heavy (non-hydrogen) atoms. The van der Waals surface area contributed by atoms with Gasteiger partial charge >= 0.3 is 0 Å². The van der Waals surface area contributed by atoms with Gasteiger partial charge in [0, 0.05) is 18.5 Å². The molecule has 0 aliphatic carbocycles. The number of amides is 1. The van der Waals surface area contributed by atoms with E-state index in [0.29, 0.717) is 13.0 Å². The highest BCUT2D eigenvalue weighted by Gasteiger charge is 2.09. The second kappa shape index (κ2) is 7.07. The van der Waals surface area contributed by atoms with E-state index in [1.165, 1.54) is 11.1 Å². The van der Waals surface area contributed by atoms with Crippen molar-refractivity contribution in [1.29, 1.82) is 0 Å². The molecular formula is C17H22N2O2. The predicted octanol–water partition coefficient (Wildman–Crippen LogP) is 2.89. The summed E-state index contributed by atoms with van der Waals surface area (Å²) in [7, 11) is 0. The summed E-state index contributed by atoms with van der Waals surface area (Å²) >= 11 is 0. The van der Waals surface area contributed by atoms with Crippen molar-refractivity contribution in [2.45, 2.75) is 40.0 Å². The first-order valence-corrected chi connectivity index (χ1v) is 7.31. The summed E-state index contributed by atoms with van der Waals surface area (Å²) in [5, 5.41) is 6.87. The van der Waals surface area contributed by atoms with E-state index in [9.17, 15) is 4.79 Å². The van der Waals surface area contributed by atoms with Crippen molar-refractivity contribution in [2.75, 3.05) is 6.54 Å². The summed E-state index contributed by atoms with van der Waals surface area (Å²) in [4.78, 5) is 11.9. The SMILES string of the molecule is Cc1ccccc1CCC(=O)NCCc1c(C)noc1C. The molecule has 0 fully saturated rings. The molecule has 1 N–H and O–H groups in total. The lowest BCUT2D eigenvalue weighted by atomic mass is 10.0. The lowest BCUT2D eigenvalue weighted by Crippen LogP contribution is -2.26. The van der Waals surface area contributed by atoms with E-state index in [4.69, 9.17) is 4.52 Å². The number of aryl methyl sites for hydroxylation is 4. The monoisotopic (exact) mass is 286 g/mol.